The van der Waals surface area contributed by atoms with Crippen LogP contribution in [0.2, 0.25) is 0 Å². The lowest BCUT2D eigenvalue weighted by molar-refractivity contribution is -0.161. The van der Waals surface area contributed by atoms with E-state index in [1.807, 2.05) is 0 Å². The van der Waals surface area contributed by atoms with E-state index in [9.17, 15) is 43.2 Å². The predicted octanol–water partition coefficient (Wildman–Crippen LogP) is 21.6. The molecule has 0 aromatic heterocycles. The number of esters is 4. The highest BCUT2D eigenvalue weighted by Gasteiger charge is 2.30. The molecular formula is C75H142O17P2. The highest BCUT2D eigenvalue weighted by Crippen LogP contribution is 2.45. The van der Waals surface area contributed by atoms with Crippen molar-refractivity contribution in [3.8, 4) is 0 Å². The molecule has 0 bridgehead atoms. The summed E-state index contributed by atoms with van der Waals surface area (Å²) < 4.78 is 68.4. The van der Waals surface area contributed by atoms with Gasteiger partial charge in [0.1, 0.15) is 19.3 Å². The van der Waals surface area contributed by atoms with Gasteiger partial charge in [0.25, 0.3) is 0 Å². The van der Waals surface area contributed by atoms with Crippen LogP contribution in [-0.4, -0.2) is 96.7 Å². The maximum Gasteiger partial charge on any atom is 0.472 e. The summed E-state index contributed by atoms with van der Waals surface area (Å²) in [6.07, 6.45) is 58.9. The Morgan fingerprint density at radius 1 is 0.330 bits per heavy atom. The monoisotopic (exact) mass is 1380 g/mol. The number of hydrogen-bond acceptors (Lipinski definition) is 15. The van der Waals surface area contributed by atoms with Gasteiger partial charge in [-0.2, -0.15) is 0 Å². The fraction of sp³-hybridized carbons (Fsp3) is 0.893. The lowest BCUT2D eigenvalue weighted by Crippen LogP contribution is -2.30. The Hall–Kier alpha value is -2.46. The molecule has 0 saturated carbocycles. The Morgan fingerprint density at radius 3 is 0.872 bits per heavy atom. The SMILES string of the molecule is CCCCCC/C=C\C=C/CCCCCCCC(=O)OC[C@H](COP(=O)(O)OC[C@@H](O)COP(=O)(O)OC[C@@H](COC(=O)CCCCCCCCCCCCC)OC(=O)CCCCCCCCCCCCCC)OC(=O)CCCCCCCCCCCCCCCC(C)C. The molecule has 0 radical (unpaired) electrons. The molecule has 0 saturated heterocycles. The summed E-state index contributed by atoms with van der Waals surface area (Å²) in [6, 6.07) is 0. The number of carbonyl (C=O) groups is 4. The first-order valence-corrected chi connectivity index (χ1v) is 41.4. The van der Waals surface area contributed by atoms with E-state index in [2.05, 4.69) is 58.9 Å². The molecule has 2 unspecified atom stereocenters. The Kier molecular flexibility index (Phi) is 65.9. The third-order valence-corrected chi connectivity index (χ3v) is 18.8. The summed E-state index contributed by atoms with van der Waals surface area (Å²) in [5, 5.41) is 10.6. The number of phosphoric ester groups is 2. The van der Waals surface area contributed by atoms with Gasteiger partial charge in [0, 0.05) is 25.7 Å². The molecule has 0 aliphatic heterocycles. The van der Waals surface area contributed by atoms with Crippen molar-refractivity contribution in [3.63, 3.8) is 0 Å². The summed E-state index contributed by atoms with van der Waals surface area (Å²) in [7, 11) is -9.92. The number of ether oxygens (including phenoxy) is 4. The van der Waals surface area contributed by atoms with Gasteiger partial charge in [-0.3, -0.25) is 37.3 Å². The first-order chi connectivity index (χ1) is 45.5. The molecule has 0 rings (SSSR count). The van der Waals surface area contributed by atoms with E-state index < -0.39 is 97.5 Å². The zero-order valence-electron chi connectivity index (χ0n) is 60.6. The van der Waals surface area contributed by atoms with Crippen molar-refractivity contribution < 1.29 is 80.2 Å². The van der Waals surface area contributed by atoms with E-state index in [4.69, 9.17) is 37.0 Å². The van der Waals surface area contributed by atoms with Crippen LogP contribution < -0.4 is 0 Å². The van der Waals surface area contributed by atoms with Gasteiger partial charge in [-0.15, -0.1) is 0 Å². The van der Waals surface area contributed by atoms with Crippen LogP contribution in [0.5, 0.6) is 0 Å². The average Bonchev–Trinajstić information content (AvgIpc) is 1.90. The van der Waals surface area contributed by atoms with Crippen LogP contribution in [-0.2, 0) is 65.4 Å². The van der Waals surface area contributed by atoms with Gasteiger partial charge in [-0.1, -0.05) is 316 Å². The van der Waals surface area contributed by atoms with Crippen molar-refractivity contribution >= 4 is 39.5 Å². The first-order valence-electron chi connectivity index (χ1n) is 38.5. The highest BCUT2D eigenvalue weighted by molar-refractivity contribution is 7.47. The molecule has 5 atom stereocenters. The van der Waals surface area contributed by atoms with Crippen molar-refractivity contribution in [2.45, 2.75) is 387 Å². The van der Waals surface area contributed by atoms with Crippen LogP contribution in [0.3, 0.4) is 0 Å². The maximum atomic E-state index is 13.1. The average molecular weight is 1380 g/mol. The fourth-order valence-corrected chi connectivity index (χ4v) is 12.6. The van der Waals surface area contributed by atoms with Gasteiger partial charge in [0.15, 0.2) is 12.2 Å². The molecule has 0 heterocycles. The minimum atomic E-state index is -4.96. The van der Waals surface area contributed by atoms with E-state index in [0.29, 0.717) is 25.7 Å². The molecule has 0 aliphatic carbocycles. The van der Waals surface area contributed by atoms with E-state index in [0.717, 1.165) is 115 Å². The highest BCUT2D eigenvalue weighted by atomic mass is 31.2. The van der Waals surface area contributed by atoms with Gasteiger partial charge in [-0.25, -0.2) is 9.13 Å². The molecule has 0 spiro atoms. The van der Waals surface area contributed by atoms with Crippen LogP contribution in [0, 0.1) is 5.92 Å². The Labute approximate surface area is 573 Å². The number of aliphatic hydroxyl groups excluding tert-OH is 1. The van der Waals surface area contributed by atoms with E-state index in [-0.39, 0.29) is 25.7 Å². The van der Waals surface area contributed by atoms with Gasteiger partial charge >= 0.3 is 39.5 Å². The molecule has 94 heavy (non-hydrogen) atoms. The number of aliphatic hydroxyl groups is 1. The van der Waals surface area contributed by atoms with Gasteiger partial charge in [-0.05, 0) is 57.3 Å². The van der Waals surface area contributed by atoms with Crippen molar-refractivity contribution in [3.05, 3.63) is 24.3 Å². The Balaban J connectivity index is 5.29. The quantitative estimate of drug-likeness (QED) is 0.0169. The van der Waals surface area contributed by atoms with E-state index in [1.54, 1.807) is 0 Å². The minimum absolute atomic E-state index is 0.101. The summed E-state index contributed by atoms with van der Waals surface area (Å²) in [5.74, 6) is -1.36. The summed E-state index contributed by atoms with van der Waals surface area (Å²) >= 11 is 0. The fourth-order valence-electron chi connectivity index (χ4n) is 11.0. The third kappa shape index (κ3) is 68.1. The molecule has 0 aromatic carbocycles. The van der Waals surface area contributed by atoms with Crippen molar-refractivity contribution in [2.75, 3.05) is 39.6 Å². The van der Waals surface area contributed by atoms with E-state index >= 15 is 0 Å². The third-order valence-electron chi connectivity index (χ3n) is 16.9. The molecule has 3 N–H and O–H groups in total. The summed E-state index contributed by atoms with van der Waals surface area (Å²) in [6.45, 7) is 7.23. The molecule has 17 nitrogen and oxygen atoms in total. The largest absolute Gasteiger partial charge is 0.472 e. The van der Waals surface area contributed by atoms with Gasteiger partial charge in [0.05, 0.1) is 26.4 Å². The number of carbonyl (C=O) groups excluding carboxylic acids is 4. The summed E-state index contributed by atoms with van der Waals surface area (Å²) in [4.78, 5) is 72.7. The molecule has 0 aliphatic rings. The molecule has 19 heteroatoms. The number of rotatable bonds is 73. The first kappa shape index (κ1) is 91.5. The lowest BCUT2D eigenvalue weighted by atomic mass is 10.0. The molecule has 554 valence electrons. The summed E-state index contributed by atoms with van der Waals surface area (Å²) in [5.41, 5.74) is 0. The zero-order chi connectivity index (χ0) is 69.1. The van der Waals surface area contributed by atoms with Crippen molar-refractivity contribution in [1.29, 1.82) is 0 Å². The smallest absolute Gasteiger partial charge is 0.462 e. The maximum absolute atomic E-state index is 13.1. The van der Waals surface area contributed by atoms with Gasteiger partial charge < -0.3 is 33.8 Å². The lowest BCUT2D eigenvalue weighted by Gasteiger charge is -2.21. The van der Waals surface area contributed by atoms with Crippen molar-refractivity contribution in [2.24, 2.45) is 5.92 Å². The van der Waals surface area contributed by atoms with E-state index in [1.165, 1.54) is 173 Å². The number of hydrogen-bond donors (Lipinski definition) is 3. The standard InChI is InChI=1S/C75H142O17P2/c1-6-9-12-15-18-21-24-26-27-30-35-39-44-49-54-59-73(78)86-65-71(92-75(80)61-56-51-46-41-36-31-28-29-33-37-42-47-52-57-68(4)5)67-90-94(83,84)88-63-69(76)62-87-93(81,82)89-66-70(64-85-72(77)58-53-48-43-38-32-23-20-17-14-11-8-3)91-74(79)60-55-50-45-40-34-25-22-19-16-13-10-7-2/h21,24,26-27,68-71,76H,6-20,22-23,25,28-67H2,1-5H3,(H,81,82)(H,83,84)/b24-21-,27-26-/t69-,70+,71+/m0/s1. The second-order valence-electron chi connectivity index (χ2n) is 26.8. The topological polar surface area (TPSA) is 237 Å². The van der Waals surface area contributed by atoms with Crippen LogP contribution in [0.1, 0.15) is 369 Å². The minimum Gasteiger partial charge on any atom is -0.462 e. The second kappa shape index (κ2) is 67.7. The Morgan fingerprint density at radius 2 is 0.574 bits per heavy atom. The number of unbranched alkanes of at least 4 members (excludes halogenated alkanes) is 42. The van der Waals surface area contributed by atoms with Crippen LogP contribution >= 0.6 is 15.6 Å². The normalized spacial score (nSPS) is 14.1. The number of allylic oxidation sites excluding steroid dienone is 4. The van der Waals surface area contributed by atoms with Gasteiger partial charge in [0.2, 0.25) is 0 Å². The molecule has 0 fully saturated rings. The molecule has 0 aromatic rings. The molecular weight excluding hydrogens is 1230 g/mol. The molecule has 0 amide bonds. The predicted molar refractivity (Wildman–Crippen MR) is 381 cm³/mol. The Bertz CT molecular complexity index is 1900. The zero-order valence-corrected chi connectivity index (χ0v) is 62.4. The second-order valence-corrected chi connectivity index (χ2v) is 29.7. The van der Waals surface area contributed by atoms with Crippen molar-refractivity contribution in [1.82, 2.24) is 0 Å². The number of phosphoric acid groups is 2. The van der Waals surface area contributed by atoms with Crippen LogP contribution in [0.25, 0.3) is 0 Å². The van der Waals surface area contributed by atoms with Crippen LogP contribution in [0.4, 0.5) is 0 Å². The van der Waals surface area contributed by atoms with Crippen LogP contribution in [0.15, 0.2) is 24.3 Å².